The minimum atomic E-state index is -1.55. The van der Waals surface area contributed by atoms with Gasteiger partial charge in [-0.25, -0.2) is 9.78 Å². The average Bonchev–Trinajstić information content (AvgIpc) is 2.67. The normalized spacial score (nSPS) is 16.1. The van der Waals surface area contributed by atoms with E-state index >= 15 is 0 Å². The van der Waals surface area contributed by atoms with Gasteiger partial charge in [0.05, 0.1) is 18.3 Å². The van der Waals surface area contributed by atoms with Crippen LogP contribution in [-0.2, 0) is 4.79 Å². The van der Waals surface area contributed by atoms with Crippen LogP contribution in [0.5, 0.6) is 5.88 Å². The van der Waals surface area contributed by atoms with Gasteiger partial charge in [-0.2, -0.15) is 5.06 Å². The van der Waals surface area contributed by atoms with E-state index in [-0.39, 0.29) is 17.9 Å². The predicted molar refractivity (Wildman–Crippen MR) is 92.2 cm³/mol. The van der Waals surface area contributed by atoms with Crippen molar-refractivity contribution in [3.63, 3.8) is 0 Å². The van der Waals surface area contributed by atoms with Crippen LogP contribution in [0.2, 0.25) is 0 Å². The topological polar surface area (TPSA) is 125 Å². The number of carboxylic acid groups (broad SMARTS) is 1. The standard InChI is InChI=1S/C17H20N4O5/c1-26-13-6-5-11-14(20-13)12(7-10-18-11)19-15(22)17(21(25)16(23)24)8-3-2-4-9-17/h5-7,10,25H,2-4,8-9H2,1H3,(H,23,24)(H,18,19,22). The molecule has 0 spiro atoms. The molecule has 3 rings (SSSR count). The number of ether oxygens (including phenoxy) is 1. The molecule has 2 heterocycles. The van der Waals surface area contributed by atoms with Crippen molar-refractivity contribution in [2.45, 2.75) is 37.6 Å². The first-order chi connectivity index (χ1) is 12.5. The molecule has 2 amide bonds. The molecule has 0 aliphatic heterocycles. The third-order valence-electron chi connectivity index (χ3n) is 4.71. The Hall–Kier alpha value is -2.94. The molecular formula is C17H20N4O5. The first-order valence-electron chi connectivity index (χ1n) is 8.31. The summed E-state index contributed by atoms with van der Waals surface area (Å²) in [6, 6.07) is 4.94. The number of nitrogens with one attached hydrogen (secondary N) is 1. The fourth-order valence-electron chi connectivity index (χ4n) is 3.32. The summed E-state index contributed by atoms with van der Waals surface area (Å²) in [7, 11) is 1.48. The fourth-order valence-corrected chi connectivity index (χ4v) is 3.32. The molecular weight excluding hydrogens is 340 g/mol. The number of carbonyl (C=O) groups is 2. The van der Waals surface area contributed by atoms with E-state index in [4.69, 9.17) is 4.74 Å². The maximum Gasteiger partial charge on any atom is 0.432 e. The Balaban J connectivity index is 1.97. The highest BCUT2D eigenvalue weighted by Crippen LogP contribution is 2.35. The van der Waals surface area contributed by atoms with Gasteiger partial charge in [-0.15, -0.1) is 0 Å². The summed E-state index contributed by atoms with van der Waals surface area (Å²) >= 11 is 0. The Morgan fingerprint density at radius 3 is 2.62 bits per heavy atom. The second-order valence-electron chi connectivity index (χ2n) is 6.22. The van der Waals surface area contributed by atoms with Crippen LogP contribution in [0.4, 0.5) is 10.5 Å². The molecule has 2 aromatic heterocycles. The monoisotopic (exact) mass is 360 g/mol. The minimum absolute atomic E-state index is 0.138. The number of carbonyl (C=O) groups excluding carboxylic acids is 1. The molecule has 9 heteroatoms. The van der Waals surface area contributed by atoms with Gasteiger partial charge in [0.25, 0.3) is 5.91 Å². The molecule has 0 saturated heterocycles. The van der Waals surface area contributed by atoms with E-state index in [9.17, 15) is 19.9 Å². The lowest BCUT2D eigenvalue weighted by Crippen LogP contribution is -2.58. The number of pyridine rings is 2. The summed E-state index contributed by atoms with van der Waals surface area (Å²) in [6.07, 6.45) is 2.67. The van der Waals surface area contributed by atoms with Crippen LogP contribution < -0.4 is 10.1 Å². The van der Waals surface area contributed by atoms with Crippen molar-refractivity contribution in [1.29, 1.82) is 0 Å². The van der Waals surface area contributed by atoms with Gasteiger partial charge >= 0.3 is 6.09 Å². The lowest BCUT2D eigenvalue weighted by molar-refractivity contribution is -0.169. The fraction of sp³-hybridized carbons (Fsp3) is 0.412. The maximum absolute atomic E-state index is 13.0. The third kappa shape index (κ3) is 3.13. The van der Waals surface area contributed by atoms with Gasteiger partial charge in [-0.3, -0.25) is 15.0 Å². The first-order valence-corrected chi connectivity index (χ1v) is 8.31. The zero-order chi connectivity index (χ0) is 18.7. The number of fused-ring (bicyclic) bond motifs is 1. The van der Waals surface area contributed by atoms with Crippen LogP contribution in [0, 0.1) is 0 Å². The van der Waals surface area contributed by atoms with Gasteiger partial charge in [-0.1, -0.05) is 19.3 Å². The van der Waals surface area contributed by atoms with Crippen molar-refractivity contribution in [2.24, 2.45) is 0 Å². The Kier molecular flexibility index (Phi) is 4.90. The molecule has 9 nitrogen and oxygen atoms in total. The maximum atomic E-state index is 13.0. The van der Waals surface area contributed by atoms with Gasteiger partial charge in [-0.05, 0) is 25.0 Å². The summed E-state index contributed by atoms with van der Waals surface area (Å²) in [4.78, 5) is 32.8. The number of hydrogen-bond acceptors (Lipinski definition) is 6. The second-order valence-corrected chi connectivity index (χ2v) is 6.22. The van der Waals surface area contributed by atoms with Gasteiger partial charge in [0, 0.05) is 12.3 Å². The van der Waals surface area contributed by atoms with Crippen LogP contribution >= 0.6 is 0 Å². The quantitative estimate of drug-likeness (QED) is 0.565. The van der Waals surface area contributed by atoms with Gasteiger partial charge in [0.15, 0.2) is 5.54 Å². The lowest BCUT2D eigenvalue weighted by Gasteiger charge is -2.39. The zero-order valence-corrected chi connectivity index (χ0v) is 14.3. The summed E-state index contributed by atoms with van der Waals surface area (Å²) in [5.74, 6) is -0.220. The van der Waals surface area contributed by atoms with Crippen molar-refractivity contribution in [3.05, 3.63) is 24.4 Å². The molecule has 138 valence electrons. The van der Waals surface area contributed by atoms with E-state index in [0.717, 1.165) is 6.42 Å². The number of hydroxylamine groups is 2. The molecule has 1 fully saturated rings. The molecule has 1 aliphatic carbocycles. The molecule has 0 aromatic carbocycles. The minimum Gasteiger partial charge on any atom is -0.481 e. The SMILES string of the molecule is COc1ccc2nccc(NC(=O)C3(N(O)C(=O)O)CCCCC3)c2n1. The van der Waals surface area contributed by atoms with Gasteiger partial charge in [0.1, 0.15) is 5.52 Å². The molecule has 0 bridgehead atoms. The number of nitrogens with zero attached hydrogens (tertiary/aromatic N) is 3. The molecule has 2 aromatic rings. The first kappa shape index (κ1) is 17.9. The van der Waals surface area contributed by atoms with Crippen molar-refractivity contribution >= 4 is 28.7 Å². The number of hydrogen-bond donors (Lipinski definition) is 3. The van der Waals surface area contributed by atoms with Crippen molar-refractivity contribution in [3.8, 4) is 5.88 Å². The van der Waals surface area contributed by atoms with Gasteiger partial charge in [0.2, 0.25) is 5.88 Å². The van der Waals surface area contributed by atoms with Crippen LogP contribution in [-0.4, -0.2) is 50.0 Å². The predicted octanol–water partition coefficient (Wildman–Crippen LogP) is 2.65. The van der Waals surface area contributed by atoms with E-state index in [0.29, 0.717) is 35.4 Å². The second kappa shape index (κ2) is 7.12. The molecule has 0 unspecified atom stereocenters. The van der Waals surface area contributed by atoms with Crippen molar-refractivity contribution in [2.75, 3.05) is 12.4 Å². The summed E-state index contributed by atoms with van der Waals surface area (Å²) in [6.45, 7) is 0. The number of amides is 2. The van der Waals surface area contributed by atoms with Crippen LogP contribution in [0.15, 0.2) is 24.4 Å². The average molecular weight is 360 g/mol. The summed E-state index contributed by atoms with van der Waals surface area (Å²) < 4.78 is 5.11. The number of aromatic nitrogens is 2. The van der Waals surface area contributed by atoms with Crippen LogP contribution in [0.1, 0.15) is 32.1 Å². The van der Waals surface area contributed by atoms with Crippen molar-refractivity contribution < 1.29 is 24.6 Å². The zero-order valence-electron chi connectivity index (χ0n) is 14.3. The van der Waals surface area contributed by atoms with E-state index in [1.54, 1.807) is 18.2 Å². The smallest absolute Gasteiger partial charge is 0.432 e. The molecule has 0 atom stereocenters. The number of rotatable bonds is 4. The van der Waals surface area contributed by atoms with Crippen LogP contribution in [0.25, 0.3) is 11.0 Å². The number of methoxy groups -OCH3 is 1. The Labute approximate surface area is 149 Å². The van der Waals surface area contributed by atoms with Gasteiger partial charge < -0.3 is 15.2 Å². The molecule has 3 N–H and O–H groups in total. The van der Waals surface area contributed by atoms with Crippen molar-refractivity contribution in [1.82, 2.24) is 15.0 Å². The highest BCUT2D eigenvalue weighted by Gasteiger charge is 2.47. The number of anilines is 1. The largest absolute Gasteiger partial charge is 0.481 e. The van der Waals surface area contributed by atoms with E-state index in [2.05, 4.69) is 15.3 Å². The van der Waals surface area contributed by atoms with Crippen LogP contribution in [0.3, 0.4) is 0 Å². The Bertz CT molecular complexity index is 835. The molecule has 0 radical (unpaired) electrons. The summed E-state index contributed by atoms with van der Waals surface area (Å²) in [5.41, 5.74) is -0.160. The Morgan fingerprint density at radius 1 is 1.23 bits per heavy atom. The molecule has 1 aliphatic rings. The summed E-state index contributed by atoms with van der Waals surface area (Å²) in [5, 5.41) is 22.1. The third-order valence-corrected chi connectivity index (χ3v) is 4.71. The highest BCUT2D eigenvalue weighted by atomic mass is 16.6. The van der Waals surface area contributed by atoms with E-state index in [1.165, 1.54) is 13.3 Å². The molecule has 1 saturated carbocycles. The Morgan fingerprint density at radius 2 is 1.96 bits per heavy atom. The highest BCUT2D eigenvalue weighted by molar-refractivity contribution is 6.04. The van der Waals surface area contributed by atoms with E-state index < -0.39 is 17.5 Å². The lowest BCUT2D eigenvalue weighted by atomic mass is 9.80. The molecule has 26 heavy (non-hydrogen) atoms. The van der Waals surface area contributed by atoms with E-state index in [1.807, 2.05) is 0 Å².